The van der Waals surface area contributed by atoms with E-state index < -0.39 is 5.60 Å². The number of halogens is 1. The van der Waals surface area contributed by atoms with Gasteiger partial charge in [-0.1, -0.05) is 0 Å². The van der Waals surface area contributed by atoms with Crippen LogP contribution in [-0.2, 0) is 10.3 Å². The van der Waals surface area contributed by atoms with Gasteiger partial charge in [-0.15, -0.1) is 0 Å². The van der Waals surface area contributed by atoms with E-state index >= 15 is 4.39 Å². The molecule has 0 bridgehead atoms. The quantitative estimate of drug-likeness (QED) is 0.737. The number of nitrogens with two attached hydrogens (primary N) is 1. The first-order valence-corrected chi connectivity index (χ1v) is 8.29. The van der Waals surface area contributed by atoms with Gasteiger partial charge < -0.3 is 20.9 Å². The summed E-state index contributed by atoms with van der Waals surface area (Å²) < 4.78 is 21.0. The van der Waals surface area contributed by atoms with Crippen molar-refractivity contribution in [1.82, 2.24) is 9.97 Å². The highest BCUT2D eigenvalue weighted by Gasteiger charge is 2.28. The van der Waals surface area contributed by atoms with Crippen LogP contribution in [0.2, 0.25) is 0 Å². The Morgan fingerprint density at radius 2 is 2.04 bits per heavy atom. The lowest BCUT2D eigenvalue weighted by Gasteiger charge is -2.20. The lowest BCUT2D eigenvalue weighted by Crippen LogP contribution is -2.19. The second-order valence-electron chi connectivity index (χ2n) is 6.72. The first-order valence-electron chi connectivity index (χ1n) is 8.29. The van der Waals surface area contributed by atoms with Crippen molar-refractivity contribution in [3.8, 4) is 11.1 Å². The monoisotopic (exact) mass is 346 g/mol. The van der Waals surface area contributed by atoms with Gasteiger partial charge in [0.15, 0.2) is 5.82 Å². The maximum Gasteiger partial charge on any atom is 0.159 e. The van der Waals surface area contributed by atoms with E-state index in [1.54, 1.807) is 27.0 Å². The van der Waals surface area contributed by atoms with Crippen LogP contribution < -0.4 is 11.1 Å². The van der Waals surface area contributed by atoms with Crippen molar-refractivity contribution in [2.24, 2.45) is 0 Å². The molecule has 7 heteroatoms. The fourth-order valence-corrected chi connectivity index (χ4v) is 3.08. The molecule has 0 radical (unpaired) electrons. The van der Waals surface area contributed by atoms with Gasteiger partial charge in [0.25, 0.3) is 0 Å². The second-order valence-corrected chi connectivity index (χ2v) is 6.72. The molecule has 1 unspecified atom stereocenters. The van der Waals surface area contributed by atoms with Crippen molar-refractivity contribution in [2.75, 3.05) is 24.7 Å². The molecule has 1 aliphatic heterocycles. The molecule has 3 rings (SSSR count). The zero-order valence-electron chi connectivity index (χ0n) is 14.6. The van der Waals surface area contributed by atoms with Crippen molar-refractivity contribution < 1.29 is 14.2 Å². The smallest absolute Gasteiger partial charge is 0.159 e. The highest BCUT2D eigenvalue weighted by molar-refractivity contribution is 5.79. The Labute approximate surface area is 146 Å². The molecule has 1 atom stereocenters. The lowest BCUT2D eigenvalue weighted by molar-refractivity contribution is 0.0687. The molecule has 0 saturated carbocycles. The first kappa shape index (κ1) is 17.6. The number of nitrogen functional groups attached to an aromatic ring is 1. The minimum absolute atomic E-state index is 0.274. The summed E-state index contributed by atoms with van der Waals surface area (Å²) in [6, 6.07) is 1.57. The highest BCUT2D eigenvalue weighted by atomic mass is 19.1. The van der Waals surface area contributed by atoms with Gasteiger partial charge in [0.1, 0.15) is 11.4 Å². The molecular weight excluding hydrogens is 323 g/mol. The van der Waals surface area contributed by atoms with E-state index in [4.69, 9.17) is 10.5 Å². The maximum atomic E-state index is 15.3. The van der Waals surface area contributed by atoms with E-state index in [1.807, 2.05) is 0 Å². The van der Waals surface area contributed by atoms with Gasteiger partial charge in [-0.05, 0) is 32.8 Å². The number of rotatable bonds is 4. The lowest BCUT2D eigenvalue weighted by atomic mass is 9.96. The van der Waals surface area contributed by atoms with Crippen molar-refractivity contribution in [1.29, 1.82) is 0 Å². The predicted octanol–water partition coefficient (Wildman–Crippen LogP) is 2.99. The number of benzene rings is 1. The molecule has 134 valence electrons. The SMILES string of the molecule is CNc1c(N)cc(-c2cnc(C(C)(C)O)nc2)c(F)c1C1CCCO1. The number of anilines is 2. The zero-order chi connectivity index (χ0) is 18.2. The Morgan fingerprint density at radius 3 is 2.56 bits per heavy atom. The van der Waals surface area contributed by atoms with Crippen LogP contribution in [0.1, 0.15) is 44.2 Å². The second kappa shape index (κ2) is 6.57. The minimum Gasteiger partial charge on any atom is -0.397 e. The predicted molar refractivity (Wildman–Crippen MR) is 94.6 cm³/mol. The fraction of sp³-hybridized carbons (Fsp3) is 0.444. The molecule has 4 N–H and O–H groups in total. The van der Waals surface area contributed by atoms with Crippen LogP contribution in [0.5, 0.6) is 0 Å². The standard InChI is InChI=1S/C18H23FN4O2/c1-18(2,24)17-22-8-10(9-23-17)11-7-12(20)16(21-3)14(15(11)19)13-5-4-6-25-13/h7-9,13,21,24H,4-6,20H2,1-3H3. The molecule has 1 fully saturated rings. The number of nitrogens with one attached hydrogen (secondary N) is 1. The average Bonchev–Trinajstić information content (AvgIpc) is 3.09. The molecule has 0 spiro atoms. The molecule has 0 aliphatic carbocycles. The summed E-state index contributed by atoms with van der Waals surface area (Å²) in [5.41, 5.74) is 7.25. The molecule has 6 nitrogen and oxygen atoms in total. The van der Waals surface area contributed by atoms with Gasteiger partial charge in [0.2, 0.25) is 0 Å². The van der Waals surface area contributed by atoms with E-state index in [1.165, 1.54) is 12.4 Å². The van der Waals surface area contributed by atoms with Crippen LogP contribution in [-0.4, -0.2) is 28.7 Å². The molecular formula is C18H23FN4O2. The summed E-state index contributed by atoms with van der Waals surface area (Å²) in [6.45, 7) is 3.80. The molecule has 1 aliphatic rings. The third-order valence-corrected chi connectivity index (χ3v) is 4.34. The van der Waals surface area contributed by atoms with Crippen molar-refractivity contribution >= 4 is 11.4 Å². The van der Waals surface area contributed by atoms with Crippen molar-refractivity contribution in [2.45, 2.75) is 38.4 Å². The normalized spacial score (nSPS) is 17.7. The maximum absolute atomic E-state index is 15.3. The van der Waals surface area contributed by atoms with Crippen molar-refractivity contribution in [3.05, 3.63) is 35.7 Å². The van der Waals surface area contributed by atoms with E-state index in [0.29, 0.717) is 34.7 Å². The largest absolute Gasteiger partial charge is 0.397 e. The number of hydrogen-bond acceptors (Lipinski definition) is 6. The summed E-state index contributed by atoms with van der Waals surface area (Å²) in [6.07, 6.45) is 4.32. The highest BCUT2D eigenvalue weighted by Crippen LogP contribution is 2.42. The number of aromatic nitrogens is 2. The van der Waals surface area contributed by atoms with E-state index in [-0.39, 0.29) is 17.7 Å². The average molecular weight is 346 g/mol. The summed E-state index contributed by atoms with van der Waals surface area (Å²) in [5, 5.41) is 12.9. The molecule has 1 saturated heterocycles. The number of nitrogens with zero attached hydrogens (tertiary/aromatic N) is 2. The van der Waals surface area contributed by atoms with Crippen LogP contribution in [0.25, 0.3) is 11.1 Å². The topological polar surface area (TPSA) is 93.3 Å². The van der Waals surface area contributed by atoms with Gasteiger partial charge in [0, 0.05) is 42.7 Å². The minimum atomic E-state index is -1.16. The summed E-state index contributed by atoms with van der Waals surface area (Å²) in [7, 11) is 1.71. The molecule has 2 aromatic rings. The van der Waals surface area contributed by atoms with E-state index in [0.717, 1.165) is 12.8 Å². The van der Waals surface area contributed by atoms with Crippen LogP contribution in [0.3, 0.4) is 0 Å². The Balaban J connectivity index is 2.10. The molecule has 1 aromatic carbocycles. The third-order valence-electron chi connectivity index (χ3n) is 4.34. The van der Waals surface area contributed by atoms with E-state index in [2.05, 4.69) is 15.3 Å². The summed E-state index contributed by atoms with van der Waals surface area (Å²) in [4.78, 5) is 8.30. The number of hydrogen-bond donors (Lipinski definition) is 3. The van der Waals surface area contributed by atoms with Crippen LogP contribution in [0.15, 0.2) is 18.5 Å². The Hall–Kier alpha value is -2.25. The Morgan fingerprint density at radius 1 is 1.36 bits per heavy atom. The molecule has 25 heavy (non-hydrogen) atoms. The summed E-state index contributed by atoms with van der Waals surface area (Å²) in [5.74, 6) is -0.110. The van der Waals surface area contributed by atoms with Crippen LogP contribution in [0, 0.1) is 5.82 Å². The van der Waals surface area contributed by atoms with Crippen LogP contribution >= 0.6 is 0 Å². The van der Waals surface area contributed by atoms with Gasteiger partial charge in [0.05, 0.1) is 17.5 Å². The van der Waals surface area contributed by atoms with Gasteiger partial charge in [-0.2, -0.15) is 0 Å². The Kier molecular flexibility index (Phi) is 4.62. The summed E-state index contributed by atoms with van der Waals surface area (Å²) >= 11 is 0. The third kappa shape index (κ3) is 3.29. The number of aliphatic hydroxyl groups is 1. The Bertz CT molecular complexity index is 766. The van der Waals surface area contributed by atoms with Crippen LogP contribution in [0.4, 0.5) is 15.8 Å². The number of ether oxygens (including phenoxy) is 1. The van der Waals surface area contributed by atoms with E-state index in [9.17, 15) is 5.11 Å². The zero-order valence-corrected chi connectivity index (χ0v) is 14.6. The van der Waals surface area contributed by atoms with Gasteiger partial charge in [-0.3, -0.25) is 0 Å². The van der Waals surface area contributed by atoms with Gasteiger partial charge >= 0.3 is 0 Å². The first-order chi connectivity index (χ1) is 11.8. The van der Waals surface area contributed by atoms with Gasteiger partial charge in [-0.25, -0.2) is 14.4 Å². The van der Waals surface area contributed by atoms with Crippen molar-refractivity contribution in [3.63, 3.8) is 0 Å². The molecule has 2 heterocycles. The molecule has 0 amide bonds. The molecule has 1 aromatic heterocycles. The fourth-order valence-electron chi connectivity index (χ4n) is 3.08.